The molecule has 0 aliphatic rings. The fourth-order valence-electron chi connectivity index (χ4n) is 2.33. The Labute approximate surface area is 130 Å². The topological polar surface area (TPSA) is 38.1 Å². The Hall–Kier alpha value is -2.17. The lowest BCUT2D eigenvalue weighted by Crippen LogP contribution is -2.45. The van der Waals surface area contributed by atoms with Crippen LogP contribution in [0.4, 0.5) is 4.39 Å². The van der Waals surface area contributed by atoms with Crippen LogP contribution in [0.2, 0.25) is 0 Å². The first-order valence-corrected chi connectivity index (χ1v) is 7.29. The molecule has 2 aromatic rings. The van der Waals surface area contributed by atoms with E-state index in [-0.39, 0.29) is 23.7 Å². The minimum absolute atomic E-state index is 0.0181. The number of hydrogen-bond donors (Lipinski definition) is 0. The Kier molecular flexibility index (Phi) is 4.64. The summed E-state index contributed by atoms with van der Waals surface area (Å²) >= 11 is 0. The number of carbonyl (C=O) groups is 1. The number of aryl methyl sites for hydroxylation is 1. The molecule has 0 aliphatic carbocycles. The summed E-state index contributed by atoms with van der Waals surface area (Å²) in [4.78, 5) is 14.4. The average Bonchev–Trinajstić information content (AvgIpc) is 2.80. The molecule has 0 fully saturated rings. The number of aromatic nitrogens is 2. The molecule has 0 bridgehead atoms. The molecular weight excluding hydrogens is 281 g/mol. The number of hydrogen-bond acceptors (Lipinski definition) is 2. The van der Waals surface area contributed by atoms with Crippen LogP contribution < -0.4 is 0 Å². The molecule has 22 heavy (non-hydrogen) atoms. The van der Waals surface area contributed by atoms with Crippen molar-refractivity contribution in [1.29, 1.82) is 0 Å². The SMILES string of the molecule is Cn1ccc(CC(=O)N(Cc2cccc(F)c2)C(C)(C)C)n1. The van der Waals surface area contributed by atoms with Gasteiger partial charge >= 0.3 is 0 Å². The molecule has 0 N–H and O–H groups in total. The van der Waals surface area contributed by atoms with Gasteiger partial charge in [-0.25, -0.2) is 4.39 Å². The number of rotatable bonds is 4. The van der Waals surface area contributed by atoms with Gasteiger partial charge in [0.15, 0.2) is 0 Å². The van der Waals surface area contributed by atoms with Crippen molar-refractivity contribution >= 4 is 5.91 Å². The van der Waals surface area contributed by atoms with Crippen LogP contribution in [0.25, 0.3) is 0 Å². The van der Waals surface area contributed by atoms with Crippen molar-refractivity contribution in [2.24, 2.45) is 7.05 Å². The smallest absolute Gasteiger partial charge is 0.229 e. The van der Waals surface area contributed by atoms with Crippen molar-refractivity contribution in [3.05, 3.63) is 53.6 Å². The summed E-state index contributed by atoms with van der Waals surface area (Å²) in [6.45, 7) is 6.31. The molecule has 4 nitrogen and oxygen atoms in total. The van der Waals surface area contributed by atoms with E-state index < -0.39 is 0 Å². The van der Waals surface area contributed by atoms with Crippen LogP contribution in [0.3, 0.4) is 0 Å². The summed E-state index contributed by atoms with van der Waals surface area (Å²) in [5.41, 5.74) is 1.17. The second-order valence-electron chi connectivity index (χ2n) is 6.44. The van der Waals surface area contributed by atoms with E-state index in [0.29, 0.717) is 6.54 Å². The zero-order valence-corrected chi connectivity index (χ0v) is 13.5. The van der Waals surface area contributed by atoms with Crippen LogP contribution >= 0.6 is 0 Å². The van der Waals surface area contributed by atoms with Gasteiger partial charge in [-0.05, 0) is 44.5 Å². The zero-order valence-electron chi connectivity index (χ0n) is 13.5. The molecule has 118 valence electrons. The summed E-state index contributed by atoms with van der Waals surface area (Å²) in [7, 11) is 1.82. The van der Waals surface area contributed by atoms with Gasteiger partial charge in [0.1, 0.15) is 5.82 Å². The van der Waals surface area contributed by atoms with Crippen LogP contribution in [0.5, 0.6) is 0 Å². The Morgan fingerprint density at radius 1 is 1.32 bits per heavy atom. The maximum absolute atomic E-state index is 13.3. The largest absolute Gasteiger partial charge is 0.333 e. The standard InChI is InChI=1S/C17H22FN3O/c1-17(2,3)21(12-13-6-5-7-14(18)10-13)16(22)11-15-8-9-20(4)19-15/h5-10H,11-12H2,1-4H3. The normalized spacial score (nSPS) is 11.5. The summed E-state index contributed by atoms with van der Waals surface area (Å²) in [6.07, 6.45) is 2.06. The maximum Gasteiger partial charge on any atom is 0.229 e. The Balaban J connectivity index is 2.17. The monoisotopic (exact) mass is 303 g/mol. The number of benzene rings is 1. The van der Waals surface area contributed by atoms with E-state index in [9.17, 15) is 9.18 Å². The molecule has 1 aromatic heterocycles. The second-order valence-corrected chi connectivity index (χ2v) is 6.44. The van der Waals surface area contributed by atoms with Crippen molar-refractivity contribution in [3.8, 4) is 0 Å². The highest BCUT2D eigenvalue weighted by molar-refractivity contribution is 5.79. The minimum atomic E-state index is -0.349. The molecule has 0 saturated heterocycles. The zero-order chi connectivity index (χ0) is 16.3. The van der Waals surface area contributed by atoms with Gasteiger partial charge in [-0.3, -0.25) is 9.48 Å². The van der Waals surface area contributed by atoms with Crippen molar-refractivity contribution in [2.75, 3.05) is 0 Å². The van der Waals surface area contributed by atoms with Crippen molar-refractivity contribution in [2.45, 2.75) is 39.3 Å². The van der Waals surface area contributed by atoms with Gasteiger partial charge in [0.05, 0.1) is 12.1 Å². The van der Waals surface area contributed by atoms with Crippen LogP contribution in [0.1, 0.15) is 32.0 Å². The van der Waals surface area contributed by atoms with Gasteiger partial charge in [-0.1, -0.05) is 12.1 Å². The van der Waals surface area contributed by atoms with Gasteiger partial charge in [-0.15, -0.1) is 0 Å². The molecule has 0 radical (unpaired) electrons. The molecule has 1 aromatic carbocycles. The lowest BCUT2D eigenvalue weighted by Gasteiger charge is -2.36. The Bertz CT molecular complexity index is 658. The Morgan fingerprint density at radius 2 is 2.05 bits per heavy atom. The van der Waals surface area contributed by atoms with Crippen LogP contribution in [-0.4, -0.2) is 26.1 Å². The van der Waals surface area contributed by atoms with E-state index in [2.05, 4.69) is 5.10 Å². The molecule has 1 amide bonds. The minimum Gasteiger partial charge on any atom is -0.333 e. The molecule has 0 spiro atoms. The van der Waals surface area contributed by atoms with E-state index in [1.54, 1.807) is 15.6 Å². The number of nitrogens with zero attached hydrogens (tertiary/aromatic N) is 3. The first-order valence-electron chi connectivity index (χ1n) is 7.29. The van der Waals surface area contributed by atoms with E-state index in [4.69, 9.17) is 0 Å². The fraction of sp³-hybridized carbons (Fsp3) is 0.412. The summed E-state index contributed by atoms with van der Waals surface area (Å²) < 4.78 is 15.0. The van der Waals surface area contributed by atoms with Crippen LogP contribution in [0, 0.1) is 5.82 Å². The predicted molar refractivity (Wildman–Crippen MR) is 83.6 cm³/mol. The van der Waals surface area contributed by atoms with Gasteiger partial charge < -0.3 is 4.90 Å². The lowest BCUT2D eigenvalue weighted by molar-refractivity contribution is -0.136. The lowest BCUT2D eigenvalue weighted by atomic mass is 10.0. The molecule has 0 aliphatic heterocycles. The number of halogens is 1. The van der Waals surface area contributed by atoms with Crippen LogP contribution in [0.15, 0.2) is 36.5 Å². The van der Waals surface area contributed by atoms with Crippen molar-refractivity contribution in [3.63, 3.8) is 0 Å². The highest BCUT2D eigenvalue weighted by Crippen LogP contribution is 2.19. The maximum atomic E-state index is 13.3. The van der Waals surface area contributed by atoms with Gasteiger partial charge in [0, 0.05) is 25.3 Å². The van der Waals surface area contributed by atoms with E-state index in [1.807, 2.05) is 46.1 Å². The second kappa shape index (κ2) is 6.30. The Morgan fingerprint density at radius 3 is 2.59 bits per heavy atom. The third-order valence-corrected chi connectivity index (χ3v) is 3.44. The number of amides is 1. The first-order chi connectivity index (χ1) is 10.3. The predicted octanol–water partition coefficient (Wildman–Crippen LogP) is 2.93. The summed E-state index contributed by atoms with van der Waals surface area (Å²) in [6, 6.07) is 8.19. The molecule has 5 heteroatoms. The molecule has 2 rings (SSSR count). The summed E-state index contributed by atoms with van der Waals surface area (Å²) in [5, 5.41) is 4.25. The molecule has 1 heterocycles. The molecule has 0 atom stereocenters. The highest BCUT2D eigenvalue weighted by atomic mass is 19.1. The van der Waals surface area contributed by atoms with E-state index >= 15 is 0 Å². The summed E-state index contributed by atoms with van der Waals surface area (Å²) in [5.74, 6) is -0.306. The van der Waals surface area contributed by atoms with Crippen LogP contribution in [-0.2, 0) is 24.8 Å². The number of carbonyl (C=O) groups excluding carboxylic acids is 1. The van der Waals surface area contributed by atoms with Crippen molar-refractivity contribution in [1.82, 2.24) is 14.7 Å². The van der Waals surface area contributed by atoms with E-state index in [1.165, 1.54) is 12.1 Å². The third kappa shape index (κ3) is 4.16. The molecule has 0 saturated carbocycles. The highest BCUT2D eigenvalue weighted by Gasteiger charge is 2.27. The van der Waals surface area contributed by atoms with Crippen molar-refractivity contribution < 1.29 is 9.18 Å². The third-order valence-electron chi connectivity index (χ3n) is 3.44. The molecule has 0 unspecified atom stereocenters. The quantitative estimate of drug-likeness (QED) is 0.871. The van der Waals surface area contributed by atoms with Gasteiger partial charge in [0.2, 0.25) is 5.91 Å². The van der Waals surface area contributed by atoms with Gasteiger partial charge in [0.25, 0.3) is 0 Å². The molecular formula is C17H22FN3O. The first kappa shape index (κ1) is 16.2. The van der Waals surface area contributed by atoms with E-state index in [0.717, 1.165) is 11.3 Å². The fourth-order valence-corrected chi connectivity index (χ4v) is 2.33. The van der Waals surface area contributed by atoms with Gasteiger partial charge in [-0.2, -0.15) is 5.10 Å². The average molecular weight is 303 g/mol.